The van der Waals surface area contributed by atoms with Crippen LogP contribution in [0.5, 0.6) is 5.75 Å². The van der Waals surface area contributed by atoms with Gasteiger partial charge >= 0.3 is 12.0 Å². The number of ether oxygens (including phenoxy) is 1. The van der Waals surface area contributed by atoms with Crippen LogP contribution in [0.3, 0.4) is 0 Å². The lowest BCUT2D eigenvalue weighted by molar-refractivity contribution is -0.139. The van der Waals surface area contributed by atoms with Crippen LogP contribution in [-0.4, -0.2) is 41.7 Å². The number of carbonyl (C=O) groups excluding carboxylic acids is 1. The fourth-order valence-corrected chi connectivity index (χ4v) is 1.95. The molecule has 2 rings (SSSR count). The molecule has 0 atom stereocenters. The Kier molecular flexibility index (Phi) is 4.22. The van der Waals surface area contributed by atoms with Crippen molar-refractivity contribution in [3.63, 3.8) is 0 Å². The van der Waals surface area contributed by atoms with Crippen molar-refractivity contribution in [3.05, 3.63) is 24.3 Å². The smallest absolute Gasteiger partial charge is 0.341 e. The molecule has 0 aromatic heterocycles. The molecule has 1 aromatic carbocycles. The molecule has 1 heterocycles. The summed E-state index contributed by atoms with van der Waals surface area (Å²) in [6.45, 7) is 1.07. The van der Waals surface area contributed by atoms with Gasteiger partial charge in [-0.25, -0.2) is 9.59 Å². The Balaban J connectivity index is 2.02. The van der Waals surface area contributed by atoms with Crippen LogP contribution >= 0.6 is 0 Å². The molecule has 1 aromatic rings. The Morgan fingerprint density at radius 3 is 2.63 bits per heavy atom. The van der Waals surface area contributed by atoms with E-state index in [1.807, 2.05) is 0 Å². The average Bonchev–Trinajstić information content (AvgIpc) is 2.91. The Morgan fingerprint density at radius 2 is 1.95 bits per heavy atom. The first-order valence-electron chi connectivity index (χ1n) is 6.16. The Bertz CT molecular complexity index is 469. The van der Waals surface area contributed by atoms with Crippen LogP contribution in [0, 0.1) is 0 Å². The van der Waals surface area contributed by atoms with E-state index in [0.29, 0.717) is 11.4 Å². The number of para-hydroxylation sites is 2. The third-order valence-corrected chi connectivity index (χ3v) is 2.87. The number of likely N-dealkylation sites (tertiary alicyclic amines) is 1. The number of hydrogen-bond acceptors (Lipinski definition) is 3. The van der Waals surface area contributed by atoms with Gasteiger partial charge in [0.25, 0.3) is 0 Å². The van der Waals surface area contributed by atoms with Gasteiger partial charge in [-0.05, 0) is 25.0 Å². The molecular formula is C13H16N2O4. The minimum atomic E-state index is -1.05. The van der Waals surface area contributed by atoms with Crippen molar-refractivity contribution in [2.24, 2.45) is 0 Å². The molecule has 1 aliphatic heterocycles. The molecule has 1 aliphatic rings. The van der Waals surface area contributed by atoms with Crippen LogP contribution in [0.25, 0.3) is 0 Å². The SMILES string of the molecule is O=C(O)COc1ccccc1NC(=O)N1CCCC1. The fraction of sp³-hybridized carbons (Fsp3) is 0.385. The minimum absolute atomic E-state index is 0.177. The number of amides is 2. The number of benzene rings is 1. The van der Waals surface area contributed by atoms with Crippen LogP contribution < -0.4 is 10.1 Å². The molecule has 2 amide bonds. The van der Waals surface area contributed by atoms with Crippen LogP contribution in [0.1, 0.15) is 12.8 Å². The number of aliphatic carboxylic acids is 1. The summed E-state index contributed by atoms with van der Waals surface area (Å²) in [4.78, 5) is 24.2. The topological polar surface area (TPSA) is 78.9 Å². The van der Waals surface area contributed by atoms with E-state index in [9.17, 15) is 9.59 Å². The van der Waals surface area contributed by atoms with Crippen molar-refractivity contribution in [1.29, 1.82) is 0 Å². The molecule has 1 saturated heterocycles. The van der Waals surface area contributed by atoms with Gasteiger partial charge in [0.2, 0.25) is 0 Å². The highest BCUT2D eigenvalue weighted by Gasteiger charge is 2.18. The zero-order chi connectivity index (χ0) is 13.7. The van der Waals surface area contributed by atoms with Crippen LogP contribution in [-0.2, 0) is 4.79 Å². The lowest BCUT2D eigenvalue weighted by atomic mass is 10.3. The van der Waals surface area contributed by atoms with E-state index in [-0.39, 0.29) is 6.03 Å². The summed E-state index contributed by atoms with van der Waals surface area (Å²) >= 11 is 0. The van der Waals surface area contributed by atoms with E-state index in [0.717, 1.165) is 25.9 Å². The number of urea groups is 1. The Labute approximate surface area is 111 Å². The first kappa shape index (κ1) is 13.2. The molecule has 0 saturated carbocycles. The van der Waals surface area contributed by atoms with Gasteiger partial charge in [0.1, 0.15) is 5.75 Å². The monoisotopic (exact) mass is 264 g/mol. The van der Waals surface area contributed by atoms with E-state index >= 15 is 0 Å². The van der Waals surface area contributed by atoms with Gasteiger partial charge in [0.15, 0.2) is 6.61 Å². The van der Waals surface area contributed by atoms with Gasteiger partial charge in [-0.3, -0.25) is 0 Å². The maximum absolute atomic E-state index is 11.9. The first-order valence-corrected chi connectivity index (χ1v) is 6.16. The summed E-state index contributed by atoms with van der Waals surface area (Å²) in [5.74, 6) is -0.696. The fourth-order valence-electron chi connectivity index (χ4n) is 1.95. The molecule has 2 N–H and O–H groups in total. The van der Waals surface area contributed by atoms with E-state index in [4.69, 9.17) is 9.84 Å². The summed E-state index contributed by atoms with van der Waals surface area (Å²) in [7, 11) is 0. The highest BCUT2D eigenvalue weighted by atomic mass is 16.5. The number of carbonyl (C=O) groups is 2. The van der Waals surface area contributed by atoms with Crippen molar-refractivity contribution in [1.82, 2.24) is 4.90 Å². The van der Waals surface area contributed by atoms with Gasteiger partial charge in [-0.15, -0.1) is 0 Å². The molecule has 6 heteroatoms. The van der Waals surface area contributed by atoms with Gasteiger partial charge in [0.05, 0.1) is 5.69 Å². The Morgan fingerprint density at radius 1 is 1.26 bits per heavy atom. The zero-order valence-corrected chi connectivity index (χ0v) is 10.5. The van der Waals surface area contributed by atoms with Crippen LogP contribution in [0.2, 0.25) is 0 Å². The summed E-state index contributed by atoms with van der Waals surface area (Å²) in [5, 5.41) is 11.3. The number of anilines is 1. The van der Waals surface area contributed by atoms with Crippen molar-refractivity contribution < 1.29 is 19.4 Å². The minimum Gasteiger partial charge on any atom is -0.480 e. The molecule has 1 fully saturated rings. The third kappa shape index (κ3) is 3.61. The average molecular weight is 264 g/mol. The lowest BCUT2D eigenvalue weighted by Gasteiger charge is -2.17. The summed E-state index contributed by atoms with van der Waals surface area (Å²) < 4.78 is 5.13. The third-order valence-electron chi connectivity index (χ3n) is 2.87. The van der Waals surface area contributed by atoms with Gasteiger partial charge in [-0.2, -0.15) is 0 Å². The Hall–Kier alpha value is -2.24. The number of nitrogens with one attached hydrogen (secondary N) is 1. The molecule has 19 heavy (non-hydrogen) atoms. The van der Waals surface area contributed by atoms with Crippen molar-refractivity contribution in [3.8, 4) is 5.75 Å². The number of carboxylic acid groups (broad SMARTS) is 1. The molecule has 0 spiro atoms. The molecule has 0 aliphatic carbocycles. The normalized spacial score (nSPS) is 14.2. The highest BCUT2D eigenvalue weighted by Crippen LogP contribution is 2.24. The summed E-state index contributed by atoms with van der Waals surface area (Å²) in [6.07, 6.45) is 2.04. The molecule has 0 unspecified atom stereocenters. The van der Waals surface area contributed by atoms with Gasteiger partial charge in [0, 0.05) is 13.1 Å². The quantitative estimate of drug-likeness (QED) is 0.868. The van der Waals surface area contributed by atoms with E-state index in [1.165, 1.54) is 0 Å². The van der Waals surface area contributed by atoms with Crippen LogP contribution in [0.15, 0.2) is 24.3 Å². The maximum atomic E-state index is 11.9. The van der Waals surface area contributed by atoms with Gasteiger partial charge < -0.3 is 20.1 Å². The number of nitrogens with zero attached hydrogens (tertiary/aromatic N) is 1. The molecular weight excluding hydrogens is 248 g/mol. The lowest BCUT2D eigenvalue weighted by Crippen LogP contribution is -2.32. The largest absolute Gasteiger partial charge is 0.480 e. The number of rotatable bonds is 4. The second-order valence-electron chi connectivity index (χ2n) is 4.30. The van der Waals surface area contributed by atoms with E-state index in [1.54, 1.807) is 29.2 Å². The second-order valence-corrected chi connectivity index (χ2v) is 4.30. The van der Waals surface area contributed by atoms with E-state index in [2.05, 4.69) is 5.32 Å². The predicted octanol–water partition coefficient (Wildman–Crippen LogP) is 1.78. The first-order chi connectivity index (χ1) is 9.16. The molecule has 6 nitrogen and oxygen atoms in total. The summed E-state index contributed by atoms with van der Waals surface area (Å²) in [6, 6.07) is 6.62. The van der Waals surface area contributed by atoms with Gasteiger partial charge in [-0.1, -0.05) is 12.1 Å². The van der Waals surface area contributed by atoms with Crippen LogP contribution in [0.4, 0.5) is 10.5 Å². The number of carboxylic acids is 1. The predicted molar refractivity (Wildman–Crippen MR) is 69.4 cm³/mol. The second kappa shape index (κ2) is 6.08. The van der Waals surface area contributed by atoms with E-state index < -0.39 is 12.6 Å². The zero-order valence-electron chi connectivity index (χ0n) is 10.5. The van der Waals surface area contributed by atoms with Crippen molar-refractivity contribution in [2.75, 3.05) is 25.0 Å². The highest BCUT2D eigenvalue weighted by molar-refractivity contribution is 5.91. The maximum Gasteiger partial charge on any atom is 0.341 e. The standard InChI is InChI=1S/C13H16N2O4/c16-12(17)9-19-11-6-2-1-5-10(11)14-13(18)15-7-3-4-8-15/h1-2,5-6H,3-4,7-9H2,(H,14,18)(H,16,17). The van der Waals surface area contributed by atoms with Crippen molar-refractivity contribution in [2.45, 2.75) is 12.8 Å². The molecule has 0 bridgehead atoms. The number of hydrogen-bond donors (Lipinski definition) is 2. The summed E-state index contributed by atoms with van der Waals surface area (Å²) in [5.41, 5.74) is 0.487. The molecule has 0 radical (unpaired) electrons. The van der Waals surface area contributed by atoms with Crippen molar-refractivity contribution >= 4 is 17.7 Å². The molecule has 102 valence electrons.